The molecular formula is C20H31N5. The highest BCUT2D eigenvalue weighted by Crippen LogP contribution is 2.16. The van der Waals surface area contributed by atoms with Crippen LogP contribution in [0.1, 0.15) is 43.3 Å². The molecule has 5 heteroatoms. The zero-order chi connectivity index (χ0) is 18.2. The fourth-order valence-electron chi connectivity index (χ4n) is 2.67. The van der Waals surface area contributed by atoms with Crippen molar-refractivity contribution in [3.8, 4) is 0 Å². The van der Waals surface area contributed by atoms with Gasteiger partial charge in [-0.3, -0.25) is 4.68 Å². The molecule has 1 heterocycles. The number of aryl methyl sites for hydroxylation is 1. The van der Waals surface area contributed by atoms with Crippen LogP contribution in [0.2, 0.25) is 0 Å². The van der Waals surface area contributed by atoms with Crippen molar-refractivity contribution in [3.63, 3.8) is 0 Å². The molecule has 0 amide bonds. The van der Waals surface area contributed by atoms with Crippen LogP contribution in [0.15, 0.2) is 35.3 Å². The molecule has 136 valence electrons. The standard InChI is InChI=1S/C20H31N5/c1-6-21-20(22-12-15(2)3)23-13-19-16(4)24-25(17(19)5)14-18-10-8-7-9-11-18/h7-11,15H,6,12-14H2,1-5H3,(H2,21,22,23). The number of nitrogens with one attached hydrogen (secondary N) is 2. The monoisotopic (exact) mass is 341 g/mol. The first-order valence-electron chi connectivity index (χ1n) is 9.10. The topological polar surface area (TPSA) is 54.2 Å². The maximum atomic E-state index is 4.74. The van der Waals surface area contributed by atoms with E-state index < -0.39 is 0 Å². The Kier molecular flexibility index (Phi) is 7.04. The lowest BCUT2D eigenvalue weighted by atomic mass is 10.2. The SMILES string of the molecule is CCNC(=NCc1c(C)nn(Cc2ccccc2)c1C)NCC(C)C. The van der Waals surface area contributed by atoms with Gasteiger partial charge < -0.3 is 10.6 Å². The van der Waals surface area contributed by atoms with Gasteiger partial charge in [0.1, 0.15) is 0 Å². The first-order chi connectivity index (χ1) is 12.0. The molecule has 0 radical (unpaired) electrons. The molecule has 0 aliphatic carbocycles. The maximum Gasteiger partial charge on any atom is 0.191 e. The van der Waals surface area contributed by atoms with Gasteiger partial charge in [0.25, 0.3) is 0 Å². The number of nitrogens with zero attached hydrogens (tertiary/aromatic N) is 3. The van der Waals surface area contributed by atoms with Crippen molar-refractivity contribution in [2.24, 2.45) is 10.9 Å². The minimum Gasteiger partial charge on any atom is -0.357 e. The second kappa shape index (κ2) is 9.25. The second-order valence-electron chi connectivity index (χ2n) is 6.76. The summed E-state index contributed by atoms with van der Waals surface area (Å²) in [5, 5.41) is 11.4. The van der Waals surface area contributed by atoms with Crippen LogP contribution in [0.25, 0.3) is 0 Å². The Morgan fingerprint density at radius 3 is 2.52 bits per heavy atom. The number of guanidine groups is 1. The van der Waals surface area contributed by atoms with E-state index in [-0.39, 0.29) is 0 Å². The van der Waals surface area contributed by atoms with E-state index in [1.807, 2.05) is 6.07 Å². The van der Waals surface area contributed by atoms with E-state index in [2.05, 4.69) is 74.2 Å². The molecule has 0 bridgehead atoms. The molecule has 0 atom stereocenters. The zero-order valence-electron chi connectivity index (χ0n) is 16.1. The van der Waals surface area contributed by atoms with Gasteiger partial charge in [0, 0.05) is 24.3 Å². The Hall–Kier alpha value is -2.30. The van der Waals surface area contributed by atoms with Crippen LogP contribution >= 0.6 is 0 Å². The lowest BCUT2D eigenvalue weighted by molar-refractivity contribution is 0.614. The summed E-state index contributed by atoms with van der Waals surface area (Å²) in [6, 6.07) is 10.4. The summed E-state index contributed by atoms with van der Waals surface area (Å²) < 4.78 is 2.07. The average Bonchev–Trinajstić information content (AvgIpc) is 2.85. The van der Waals surface area contributed by atoms with Crippen molar-refractivity contribution in [3.05, 3.63) is 52.8 Å². The highest BCUT2D eigenvalue weighted by molar-refractivity contribution is 5.79. The average molecular weight is 342 g/mol. The third-order valence-electron chi connectivity index (χ3n) is 4.12. The first kappa shape index (κ1) is 19.0. The van der Waals surface area contributed by atoms with Crippen LogP contribution in [0, 0.1) is 19.8 Å². The highest BCUT2D eigenvalue weighted by Gasteiger charge is 2.12. The third kappa shape index (κ3) is 5.62. The van der Waals surface area contributed by atoms with Gasteiger partial charge in [-0.15, -0.1) is 0 Å². The number of hydrogen-bond acceptors (Lipinski definition) is 2. The summed E-state index contributed by atoms with van der Waals surface area (Å²) in [6.45, 7) is 13.9. The minimum absolute atomic E-state index is 0.584. The van der Waals surface area contributed by atoms with Crippen molar-refractivity contribution in [1.82, 2.24) is 20.4 Å². The van der Waals surface area contributed by atoms with Crippen LogP contribution in [0.3, 0.4) is 0 Å². The maximum absolute atomic E-state index is 4.74. The van der Waals surface area contributed by atoms with E-state index in [0.29, 0.717) is 12.5 Å². The quantitative estimate of drug-likeness (QED) is 0.600. The summed E-state index contributed by atoms with van der Waals surface area (Å²) in [5.41, 5.74) is 4.70. The van der Waals surface area contributed by atoms with Crippen LogP contribution in [-0.2, 0) is 13.1 Å². The lowest BCUT2D eigenvalue weighted by Crippen LogP contribution is -2.39. The van der Waals surface area contributed by atoms with Crippen LogP contribution in [-0.4, -0.2) is 28.8 Å². The Bertz CT molecular complexity index is 686. The normalized spacial score (nSPS) is 11.8. The van der Waals surface area contributed by atoms with E-state index in [4.69, 9.17) is 10.1 Å². The van der Waals surface area contributed by atoms with E-state index in [1.54, 1.807) is 0 Å². The van der Waals surface area contributed by atoms with Gasteiger partial charge in [0.15, 0.2) is 5.96 Å². The molecule has 5 nitrogen and oxygen atoms in total. The van der Waals surface area contributed by atoms with Gasteiger partial charge in [-0.25, -0.2) is 4.99 Å². The lowest BCUT2D eigenvalue weighted by Gasteiger charge is -2.13. The number of hydrogen-bond donors (Lipinski definition) is 2. The largest absolute Gasteiger partial charge is 0.357 e. The van der Waals surface area contributed by atoms with E-state index in [1.165, 1.54) is 16.8 Å². The molecular weight excluding hydrogens is 310 g/mol. The Morgan fingerprint density at radius 1 is 1.16 bits per heavy atom. The molecule has 2 N–H and O–H groups in total. The van der Waals surface area contributed by atoms with E-state index in [0.717, 1.165) is 31.3 Å². The first-order valence-corrected chi connectivity index (χ1v) is 9.10. The molecule has 0 spiro atoms. The molecule has 0 saturated heterocycles. The Morgan fingerprint density at radius 2 is 1.88 bits per heavy atom. The molecule has 1 aromatic carbocycles. The predicted molar refractivity (Wildman–Crippen MR) is 105 cm³/mol. The van der Waals surface area contributed by atoms with Crippen LogP contribution < -0.4 is 10.6 Å². The number of benzene rings is 1. The van der Waals surface area contributed by atoms with Crippen molar-refractivity contribution in [2.45, 2.75) is 47.7 Å². The number of rotatable bonds is 7. The van der Waals surface area contributed by atoms with Crippen molar-refractivity contribution in [2.75, 3.05) is 13.1 Å². The second-order valence-corrected chi connectivity index (χ2v) is 6.76. The highest BCUT2D eigenvalue weighted by atomic mass is 15.3. The van der Waals surface area contributed by atoms with E-state index >= 15 is 0 Å². The molecule has 25 heavy (non-hydrogen) atoms. The van der Waals surface area contributed by atoms with Crippen molar-refractivity contribution in [1.29, 1.82) is 0 Å². The smallest absolute Gasteiger partial charge is 0.191 e. The van der Waals surface area contributed by atoms with E-state index in [9.17, 15) is 0 Å². The number of aromatic nitrogens is 2. The molecule has 0 aliphatic rings. The van der Waals surface area contributed by atoms with Gasteiger partial charge in [-0.1, -0.05) is 44.2 Å². The Balaban J connectivity index is 2.12. The van der Waals surface area contributed by atoms with Gasteiger partial charge >= 0.3 is 0 Å². The third-order valence-corrected chi connectivity index (χ3v) is 4.12. The van der Waals surface area contributed by atoms with Crippen molar-refractivity contribution >= 4 is 5.96 Å². The summed E-state index contributed by atoms with van der Waals surface area (Å²) in [5.74, 6) is 1.45. The summed E-state index contributed by atoms with van der Waals surface area (Å²) in [6.07, 6.45) is 0. The fourth-order valence-corrected chi connectivity index (χ4v) is 2.67. The Labute approximate surface area is 151 Å². The number of aliphatic imine (C=N–C) groups is 1. The molecule has 2 aromatic rings. The zero-order valence-corrected chi connectivity index (χ0v) is 16.1. The van der Waals surface area contributed by atoms with Crippen LogP contribution in [0.4, 0.5) is 0 Å². The molecule has 0 saturated carbocycles. The molecule has 2 rings (SSSR count). The molecule has 0 unspecified atom stereocenters. The van der Waals surface area contributed by atoms with Gasteiger partial charge in [-0.2, -0.15) is 5.10 Å². The predicted octanol–water partition coefficient (Wildman–Crippen LogP) is 3.26. The van der Waals surface area contributed by atoms with Gasteiger partial charge in [-0.05, 0) is 32.3 Å². The fraction of sp³-hybridized carbons (Fsp3) is 0.500. The molecule has 1 aromatic heterocycles. The minimum atomic E-state index is 0.584. The molecule has 0 aliphatic heterocycles. The van der Waals surface area contributed by atoms with Gasteiger partial charge in [0.2, 0.25) is 0 Å². The van der Waals surface area contributed by atoms with Crippen molar-refractivity contribution < 1.29 is 0 Å². The van der Waals surface area contributed by atoms with Crippen LogP contribution in [0.5, 0.6) is 0 Å². The summed E-state index contributed by atoms with van der Waals surface area (Å²) in [4.78, 5) is 4.74. The summed E-state index contributed by atoms with van der Waals surface area (Å²) in [7, 11) is 0. The summed E-state index contributed by atoms with van der Waals surface area (Å²) >= 11 is 0. The van der Waals surface area contributed by atoms with Gasteiger partial charge in [0.05, 0.1) is 18.8 Å². The molecule has 0 fully saturated rings.